The van der Waals surface area contributed by atoms with E-state index in [0.29, 0.717) is 23.9 Å². The highest BCUT2D eigenvalue weighted by molar-refractivity contribution is 5.85. The predicted molar refractivity (Wildman–Crippen MR) is 111 cm³/mol. The summed E-state index contributed by atoms with van der Waals surface area (Å²) in [5, 5.41) is 46.8. The number of hydrogen-bond acceptors (Lipinski definition) is 7. The molecule has 8 nitrogen and oxygen atoms in total. The average Bonchev–Trinajstić information content (AvgIpc) is 3.23. The summed E-state index contributed by atoms with van der Waals surface area (Å²) in [6.45, 7) is 6.70. The molecule has 2 heterocycles. The number of aromatic amines is 1. The van der Waals surface area contributed by atoms with Crippen LogP contribution in [0.15, 0.2) is 30.4 Å². The highest BCUT2D eigenvalue weighted by atomic mass is 16.5. The van der Waals surface area contributed by atoms with Crippen molar-refractivity contribution < 1.29 is 25.2 Å². The summed E-state index contributed by atoms with van der Waals surface area (Å²) in [6.07, 6.45) is -3.39. The van der Waals surface area contributed by atoms with Gasteiger partial charge in [0.25, 0.3) is 0 Å². The van der Waals surface area contributed by atoms with Crippen LogP contribution in [0.25, 0.3) is 10.9 Å². The Bertz CT molecular complexity index is 1040. The van der Waals surface area contributed by atoms with Crippen LogP contribution in [-0.2, 0) is 4.74 Å². The Kier molecular flexibility index (Phi) is 6.99. The summed E-state index contributed by atoms with van der Waals surface area (Å²) in [6, 6.07) is 3.73. The number of benzene rings is 1. The number of H-pyrrole nitrogens is 1. The fourth-order valence-corrected chi connectivity index (χ4v) is 3.12. The van der Waals surface area contributed by atoms with Gasteiger partial charge in [0.2, 0.25) is 0 Å². The number of rotatable bonds is 3. The summed E-state index contributed by atoms with van der Waals surface area (Å²) >= 11 is 0. The van der Waals surface area contributed by atoms with Crippen molar-refractivity contribution in [2.45, 2.75) is 38.3 Å². The zero-order valence-corrected chi connectivity index (χ0v) is 16.8. The standard InChI is InChI=1S/C22H25N3O5/c1-3-25(4-2)9-5-6-14-10-15(19-16(11-14)12-23-24-19)7-8-17-20(27)22(29)21(28)18(13-26)30-17/h10-13,17,20-22,26-29H,3-4,9H2,1-2H3,(H,23,24)/b18-13+/t17-,20-,21-,22-/m1/s1. The first-order valence-corrected chi connectivity index (χ1v) is 9.73. The maximum absolute atomic E-state index is 10.1. The van der Waals surface area contributed by atoms with Gasteiger partial charge in [0, 0.05) is 10.9 Å². The maximum Gasteiger partial charge on any atom is 0.187 e. The van der Waals surface area contributed by atoms with Crippen LogP contribution in [0.5, 0.6) is 0 Å². The molecule has 3 rings (SSSR count). The van der Waals surface area contributed by atoms with Gasteiger partial charge in [0.1, 0.15) is 24.6 Å². The van der Waals surface area contributed by atoms with Gasteiger partial charge in [-0.2, -0.15) is 5.10 Å². The average molecular weight is 411 g/mol. The van der Waals surface area contributed by atoms with Crippen molar-refractivity contribution >= 4 is 10.9 Å². The largest absolute Gasteiger partial charge is 0.512 e. The third-order valence-corrected chi connectivity index (χ3v) is 4.99. The number of fused-ring (bicyclic) bond motifs is 1. The van der Waals surface area contributed by atoms with Crippen LogP contribution in [0.3, 0.4) is 0 Å². The molecule has 1 saturated heterocycles. The summed E-state index contributed by atoms with van der Waals surface area (Å²) in [4.78, 5) is 2.21. The van der Waals surface area contributed by atoms with Crippen LogP contribution in [0.4, 0.5) is 0 Å². The van der Waals surface area contributed by atoms with E-state index in [0.717, 1.165) is 24.0 Å². The molecule has 5 N–H and O–H groups in total. The van der Waals surface area contributed by atoms with Gasteiger partial charge in [-0.3, -0.25) is 10.00 Å². The van der Waals surface area contributed by atoms with Crippen LogP contribution in [0.2, 0.25) is 0 Å². The van der Waals surface area contributed by atoms with E-state index in [1.807, 2.05) is 12.1 Å². The van der Waals surface area contributed by atoms with Crippen molar-refractivity contribution in [1.82, 2.24) is 15.1 Å². The quantitative estimate of drug-likeness (QED) is 0.368. The SMILES string of the molecule is CCN(CC)CC#Cc1cc(C#C[C@H]2O/C(=C/O)[C@@H](O)[C@H](O)[C@@H]2O)c2[nH]ncc2c1. The lowest BCUT2D eigenvalue weighted by molar-refractivity contribution is -0.140. The smallest absolute Gasteiger partial charge is 0.187 e. The van der Waals surface area contributed by atoms with E-state index in [-0.39, 0.29) is 5.76 Å². The van der Waals surface area contributed by atoms with E-state index >= 15 is 0 Å². The molecule has 1 aliphatic heterocycles. The van der Waals surface area contributed by atoms with Gasteiger partial charge in [-0.25, -0.2) is 0 Å². The molecular formula is C22H25N3O5. The van der Waals surface area contributed by atoms with Crippen molar-refractivity contribution in [3.8, 4) is 23.7 Å². The number of hydrogen-bond donors (Lipinski definition) is 5. The van der Waals surface area contributed by atoms with Gasteiger partial charge in [-0.15, -0.1) is 0 Å². The van der Waals surface area contributed by atoms with Gasteiger partial charge < -0.3 is 25.2 Å². The first-order chi connectivity index (χ1) is 14.5. The molecule has 8 heteroatoms. The van der Waals surface area contributed by atoms with Crippen LogP contribution >= 0.6 is 0 Å². The van der Waals surface area contributed by atoms with Crippen molar-refractivity contribution in [3.63, 3.8) is 0 Å². The molecule has 1 aromatic carbocycles. The normalized spacial score (nSPS) is 24.8. The predicted octanol–water partition coefficient (Wildman–Crippen LogP) is 0.489. The van der Waals surface area contributed by atoms with Gasteiger partial charge in [0.05, 0.1) is 23.8 Å². The van der Waals surface area contributed by atoms with E-state index in [1.165, 1.54) is 0 Å². The summed E-state index contributed by atoms with van der Waals surface area (Å²) < 4.78 is 5.31. The zero-order valence-electron chi connectivity index (χ0n) is 16.8. The Morgan fingerprint density at radius 3 is 2.63 bits per heavy atom. The minimum Gasteiger partial charge on any atom is -0.512 e. The molecule has 1 fully saturated rings. The van der Waals surface area contributed by atoms with Crippen molar-refractivity contribution in [2.24, 2.45) is 0 Å². The van der Waals surface area contributed by atoms with Crippen LogP contribution in [-0.4, -0.2) is 79.6 Å². The highest BCUT2D eigenvalue weighted by Crippen LogP contribution is 2.24. The fourth-order valence-electron chi connectivity index (χ4n) is 3.12. The fraction of sp³-hybridized carbons (Fsp3) is 0.409. The van der Waals surface area contributed by atoms with E-state index < -0.39 is 24.4 Å². The third kappa shape index (κ3) is 4.59. The van der Waals surface area contributed by atoms with Crippen LogP contribution < -0.4 is 0 Å². The Hall–Kier alpha value is -3.01. The van der Waals surface area contributed by atoms with Crippen LogP contribution in [0.1, 0.15) is 25.0 Å². The number of aliphatic hydroxyl groups excluding tert-OH is 4. The maximum atomic E-state index is 10.1. The second-order valence-corrected chi connectivity index (χ2v) is 6.89. The molecule has 0 unspecified atom stereocenters. The van der Waals surface area contributed by atoms with Crippen LogP contribution in [0, 0.1) is 23.7 Å². The minimum absolute atomic E-state index is 0.255. The number of ether oxygens (including phenoxy) is 1. The molecule has 4 atom stereocenters. The molecule has 2 aromatic rings. The Morgan fingerprint density at radius 1 is 1.17 bits per heavy atom. The molecule has 1 aromatic heterocycles. The van der Waals surface area contributed by atoms with Gasteiger partial charge in [0.15, 0.2) is 11.9 Å². The van der Waals surface area contributed by atoms with E-state index in [4.69, 9.17) is 9.84 Å². The molecule has 0 radical (unpaired) electrons. The molecular weight excluding hydrogens is 386 g/mol. The molecule has 0 spiro atoms. The minimum atomic E-state index is -1.53. The Balaban J connectivity index is 1.90. The number of nitrogens with zero attached hydrogens (tertiary/aromatic N) is 2. The van der Waals surface area contributed by atoms with Gasteiger partial charge in [-0.05, 0) is 25.2 Å². The van der Waals surface area contributed by atoms with E-state index in [9.17, 15) is 15.3 Å². The zero-order chi connectivity index (χ0) is 21.7. The monoisotopic (exact) mass is 411 g/mol. The van der Waals surface area contributed by atoms with E-state index in [1.54, 1.807) is 6.20 Å². The molecule has 0 saturated carbocycles. The second-order valence-electron chi connectivity index (χ2n) is 6.89. The molecule has 30 heavy (non-hydrogen) atoms. The lowest BCUT2D eigenvalue weighted by atomic mass is 9.98. The Morgan fingerprint density at radius 2 is 1.93 bits per heavy atom. The van der Waals surface area contributed by atoms with Crippen molar-refractivity contribution in [3.05, 3.63) is 41.5 Å². The Labute approximate surface area is 174 Å². The molecule has 0 aliphatic carbocycles. The second kappa shape index (κ2) is 9.66. The van der Waals surface area contributed by atoms with Gasteiger partial charge in [-0.1, -0.05) is 37.5 Å². The lowest BCUT2D eigenvalue weighted by Crippen LogP contribution is -2.51. The summed E-state index contributed by atoms with van der Waals surface area (Å²) in [5.74, 6) is 11.7. The van der Waals surface area contributed by atoms with Crippen molar-refractivity contribution in [2.75, 3.05) is 19.6 Å². The topological polar surface area (TPSA) is 122 Å². The first-order valence-electron chi connectivity index (χ1n) is 9.73. The molecule has 0 bridgehead atoms. The first kappa shape index (κ1) is 21.7. The molecule has 1 aliphatic rings. The summed E-state index contributed by atoms with van der Waals surface area (Å²) in [5.41, 5.74) is 2.08. The molecule has 158 valence electrons. The lowest BCUT2D eigenvalue weighted by Gasteiger charge is -2.34. The van der Waals surface area contributed by atoms with Crippen molar-refractivity contribution in [1.29, 1.82) is 0 Å². The number of aliphatic hydroxyl groups is 4. The highest BCUT2D eigenvalue weighted by Gasteiger charge is 2.40. The van der Waals surface area contributed by atoms with Gasteiger partial charge >= 0.3 is 0 Å². The van der Waals surface area contributed by atoms with E-state index in [2.05, 4.69) is 52.6 Å². The molecule has 0 amide bonds. The number of nitrogens with one attached hydrogen (secondary N) is 1. The third-order valence-electron chi connectivity index (χ3n) is 4.99. The number of aromatic nitrogens is 2. The summed E-state index contributed by atoms with van der Waals surface area (Å²) in [7, 11) is 0.